The van der Waals surface area contributed by atoms with Gasteiger partial charge in [0.2, 0.25) is 0 Å². The quantitative estimate of drug-likeness (QED) is 0.697. The van der Waals surface area contributed by atoms with Crippen molar-refractivity contribution >= 4 is 22.5 Å². The normalized spacial score (nSPS) is 14.7. The lowest BCUT2D eigenvalue weighted by Gasteiger charge is -2.36. The molecule has 1 aliphatic rings. The summed E-state index contributed by atoms with van der Waals surface area (Å²) in [6.45, 7) is 2.61. The molecule has 1 aromatic carbocycles. The zero-order valence-corrected chi connectivity index (χ0v) is 14.5. The number of aromatic nitrogens is 3. The summed E-state index contributed by atoms with van der Waals surface area (Å²) < 4.78 is 1.43. The Morgan fingerprint density at radius 1 is 1.12 bits per heavy atom. The maximum absolute atomic E-state index is 12.7. The highest BCUT2D eigenvalue weighted by atomic mass is 16.2. The largest absolute Gasteiger partial charge is 0.368 e. The van der Waals surface area contributed by atoms with Crippen LogP contribution in [0.1, 0.15) is 10.4 Å². The molecular weight excluding hydrogens is 330 g/mol. The number of pyridine rings is 1. The van der Waals surface area contributed by atoms with Crippen LogP contribution in [0.5, 0.6) is 0 Å². The van der Waals surface area contributed by atoms with Gasteiger partial charge in [-0.1, -0.05) is 0 Å². The summed E-state index contributed by atoms with van der Waals surface area (Å²) in [7, 11) is 1.65. The minimum atomic E-state index is -0.255. The summed E-state index contributed by atoms with van der Waals surface area (Å²) in [6, 6.07) is 9.42. The zero-order chi connectivity index (χ0) is 18.1. The van der Waals surface area contributed by atoms with Gasteiger partial charge >= 0.3 is 0 Å². The van der Waals surface area contributed by atoms with Crippen LogP contribution >= 0.6 is 0 Å². The molecule has 0 bridgehead atoms. The molecule has 7 nitrogen and oxygen atoms in total. The molecule has 1 amide bonds. The van der Waals surface area contributed by atoms with Gasteiger partial charge in [-0.15, -0.1) is 0 Å². The Morgan fingerprint density at radius 3 is 2.73 bits per heavy atom. The number of hydrogen-bond donors (Lipinski definition) is 0. The molecule has 1 fully saturated rings. The van der Waals surface area contributed by atoms with E-state index in [-0.39, 0.29) is 17.0 Å². The van der Waals surface area contributed by atoms with Crippen LogP contribution in [0, 0.1) is 0 Å². The van der Waals surface area contributed by atoms with Gasteiger partial charge in [-0.3, -0.25) is 9.59 Å². The molecule has 3 heterocycles. The number of aryl methyl sites for hydroxylation is 1. The predicted octanol–water partition coefficient (Wildman–Crippen LogP) is 1.29. The van der Waals surface area contributed by atoms with Crippen LogP contribution in [0.15, 0.2) is 53.8 Å². The third-order valence-electron chi connectivity index (χ3n) is 4.77. The van der Waals surface area contributed by atoms with Crippen molar-refractivity contribution in [3.63, 3.8) is 0 Å². The standard InChI is InChI=1S/C19H19N5O2/c1-22-6-2-3-16(18(22)25)19(26)24-9-7-23(8-10-24)15-4-5-17-14(11-15)12-20-13-21-17/h2-6,11-13H,7-10H2,1H3. The molecule has 0 unspecified atom stereocenters. The summed E-state index contributed by atoms with van der Waals surface area (Å²) in [6.07, 6.45) is 5.00. The Labute approximate surface area is 150 Å². The highest BCUT2D eigenvalue weighted by Gasteiger charge is 2.24. The highest BCUT2D eigenvalue weighted by Crippen LogP contribution is 2.21. The molecule has 2 aromatic heterocycles. The first-order chi connectivity index (χ1) is 12.6. The number of anilines is 1. The minimum Gasteiger partial charge on any atom is -0.368 e. The maximum atomic E-state index is 12.7. The summed E-state index contributed by atoms with van der Waals surface area (Å²) in [4.78, 5) is 37.1. The summed E-state index contributed by atoms with van der Waals surface area (Å²) >= 11 is 0. The fourth-order valence-corrected chi connectivity index (χ4v) is 3.27. The van der Waals surface area contributed by atoms with Crippen molar-refractivity contribution in [3.05, 3.63) is 65.0 Å². The molecule has 0 atom stereocenters. The third kappa shape index (κ3) is 2.92. The van der Waals surface area contributed by atoms with Gasteiger partial charge in [0.25, 0.3) is 11.5 Å². The molecule has 0 N–H and O–H groups in total. The minimum absolute atomic E-state index is 0.197. The van der Waals surface area contributed by atoms with Crippen molar-refractivity contribution in [2.45, 2.75) is 0 Å². The van der Waals surface area contributed by atoms with Crippen LogP contribution in [0.2, 0.25) is 0 Å². The van der Waals surface area contributed by atoms with Gasteiger partial charge in [-0.05, 0) is 30.3 Å². The second kappa shape index (κ2) is 6.59. The summed E-state index contributed by atoms with van der Waals surface area (Å²) in [5, 5.41) is 0.997. The fraction of sp³-hybridized carbons (Fsp3) is 0.263. The molecule has 0 saturated carbocycles. The predicted molar refractivity (Wildman–Crippen MR) is 99.3 cm³/mol. The monoisotopic (exact) mass is 349 g/mol. The van der Waals surface area contributed by atoms with Crippen molar-refractivity contribution in [3.8, 4) is 0 Å². The average Bonchev–Trinajstić information content (AvgIpc) is 2.69. The number of amides is 1. The number of fused-ring (bicyclic) bond motifs is 1. The van der Waals surface area contributed by atoms with Gasteiger partial charge in [-0.2, -0.15) is 0 Å². The average molecular weight is 349 g/mol. The van der Waals surface area contributed by atoms with Crippen molar-refractivity contribution in [2.75, 3.05) is 31.1 Å². The van der Waals surface area contributed by atoms with Crippen molar-refractivity contribution in [1.29, 1.82) is 0 Å². The number of hydrogen-bond acceptors (Lipinski definition) is 5. The van der Waals surface area contributed by atoms with E-state index in [0.717, 1.165) is 29.7 Å². The van der Waals surface area contributed by atoms with Crippen LogP contribution in [0.3, 0.4) is 0 Å². The van der Waals surface area contributed by atoms with Gasteiger partial charge < -0.3 is 14.4 Å². The lowest BCUT2D eigenvalue weighted by molar-refractivity contribution is 0.0744. The van der Waals surface area contributed by atoms with Crippen LogP contribution in [0.25, 0.3) is 10.9 Å². The number of carbonyl (C=O) groups excluding carboxylic acids is 1. The molecule has 4 rings (SSSR count). The van der Waals surface area contributed by atoms with E-state index in [4.69, 9.17) is 0 Å². The van der Waals surface area contributed by atoms with E-state index in [0.29, 0.717) is 13.1 Å². The first-order valence-corrected chi connectivity index (χ1v) is 8.53. The van der Waals surface area contributed by atoms with E-state index in [1.54, 1.807) is 42.8 Å². The van der Waals surface area contributed by atoms with Gasteiger partial charge in [0, 0.05) is 56.7 Å². The Hall–Kier alpha value is -3.22. The molecular formula is C19H19N5O2. The van der Waals surface area contributed by atoms with E-state index in [1.807, 2.05) is 12.1 Å². The maximum Gasteiger partial charge on any atom is 0.263 e. The first-order valence-electron chi connectivity index (χ1n) is 8.53. The molecule has 26 heavy (non-hydrogen) atoms. The van der Waals surface area contributed by atoms with Crippen molar-refractivity contribution < 1.29 is 4.79 Å². The lowest BCUT2D eigenvalue weighted by Crippen LogP contribution is -2.49. The summed E-state index contributed by atoms with van der Waals surface area (Å²) in [5.41, 5.74) is 1.98. The van der Waals surface area contributed by atoms with Gasteiger partial charge in [0.05, 0.1) is 5.52 Å². The highest BCUT2D eigenvalue weighted by molar-refractivity contribution is 5.94. The number of carbonyl (C=O) groups is 1. The van der Waals surface area contributed by atoms with E-state index >= 15 is 0 Å². The summed E-state index contributed by atoms with van der Waals surface area (Å²) in [5.74, 6) is -0.197. The van der Waals surface area contributed by atoms with Crippen LogP contribution in [-0.4, -0.2) is 51.5 Å². The number of benzene rings is 1. The van der Waals surface area contributed by atoms with Crippen LogP contribution in [-0.2, 0) is 7.05 Å². The smallest absolute Gasteiger partial charge is 0.263 e. The SMILES string of the molecule is Cn1cccc(C(=O)N2CCN(c3ccc4ncncc4c3)CC2)c1=O. The second-order valence-corrected chi connectivity index (χ2v) is 6.38. The fourth-order valence-electron chi connectivity index (χ4n) is 3.27. The number of rotatable bonds is 2. The van der Waals surface area contributed by atoms with Crippen LogP contribution in [0.4, 0.5) is 5.69 Å². The van der Waals surface area contributed by atoms with Crippen molar-refractivity contribution in [2.24, 2.45) is 7.05 Å². The van der Waals surface area contributed by atoms with Gasteiger partial charge in [0.15, 0.2) is 0 Å². The number of nitrogens with zero attached hydrogens (tertiary/aromatic N) is 5. The van der Waals surface area contributed by atoms with Crippen LogP contribution < -0.4 is 10.5 Å². The van der Waals surface area contributed by atoms with E-state index < -0.39 is 0 Å². The molecule has 1 aliphatic heterocycles. The topological polar surface area (TPSA) is 71.3 Å². The van der Waals surface area contributed by atoms with E-state index in [9.17, 15) is 9.59 Å². The molecule has 0 radical (unpaired) electrons. The molecule has 0 aliphatic carbocycles. The van der Waals surface area contributed by atoms with Gasteiger partial charge in [-0.25, -0.2) is 9.97 Å². The van der Waals surface area contributed by atoms with E-state index in [2.05, 4.69) is 20.9 Å². The molecule has 3 aromatic rings. The Morgan fingerprint density at radius 2 is 1.92 bits per heavy atom. The van der Waals surface area contributed by atoms with Crippen molar-refractivity contribution in [1.82, 2.24) is 19.4 Å². The second-order valence-electron chi connectivity index (χ2n) is 6.38. The zero-order valence-electron chi connectivity index (χ0n) is 14.5. The Balaban J connectivity index is 1.49. The number of piperazine rings is 1. The Kier molecular flexibility index (Phi) is 4.12. The first kappa shape index (κ1) is 16.3. The van der Waals surface area contributed by atoms with Gasteiger partial charge in [0.1, 0.15) is 11.9 Å². The van der Waals surface area contributed by atoms with E-state index in [1.165, 1.54) is 4.57 Å². The Bertz CT molecular complexity index is 1020. The lowest BCUT2D eigenvalue weighted by atomic mass is 10.1. The molecule has 132 valence electrons. The molecule has 0 spiro atoms. The third-order valence-corrected chi connectivity index (χ3v) is 4.77. The molecule has 1 saturated heterocycles. The molecule has 7 heteroatoms.